The van der Waals surface area contributed by atoms with Crippen LogP contribution in [0.15, 0.2) is 29.2 Å². The van der Waals surface area contributed by atoms with Crippen molar-refractivity contribution in [2.45, 2.75) is 36.5 Å². The zero-order valence-electron chi connectivity index (χ0n) is 12.4. The summed E-state index contributed by atoms with van der Waals surface area (Å²) < 4.78 is 0. The molecule has 21 heavy (non-hydrogen) atoms. The van der Waals surface area contributed by atoms with Crippen LogP contribution in [0.3, 0.4) is 0 Å². The van der Waals surface area contributed by atoms with Crippen LogP contribution in [0, 0.1) is 0 Å². The molecule has 1 N–H and O–H groups in total. The minimum absolute atomic E-state index is 0.0187. The fourth-order valence-electron chi connectivity index (χ4n) is 2.27. The van der Waals surface area contributed by atoms with Crippen molar-refractivity contribution in [1.82, 2.24) is 10.2 Å². The molecular weight excluding hydrogens is 308 g/mol. The monoisotopic (exact) mass is 326 g/mol. The Morgan fingerprint density at radius 3 is 2.62 bits per heavy atom. The number of nitrogens with one attached hydrogen (secondary N) is 1. The van der Waals surface area contributed by atoms with Gasteiger partial charge >= 0.3 is 0 Å². The van der Waals surface area contributed by atoms with Crippen molar-refractivity contribution in [3.8, 4) is 0 Å². The van der Waals surface area contributed by atoms with Crippen LogP contribution in [0.1, 0.15) is 20.8 Å². The summed E-state index contributed by atoms with van der Waals surface area (Å²) in [6.45, 7) is 6.47. The molecule has 2 rings (SSSR count). The molecule has 1 saturated heterocycles. The highest BCUT2D eigenvalue weighted by Crippen LogP contribution is 2.28. The first-order valence-electron chi connectivity index (χ1n) is 6.84. The Hall–Kier alpha value is -1.20. The summed E-state index contributed by atoms with van der Waals surface area (Å²) in [5.41, 5.74) is -0.801. The summed E-state index contributed by atoms with van der Waals surface area (Å²) in [5, 5.41) is 3.22. The standard InChI is InChI=1S/C15H19ClN2O2S/c1-10(21-12-6-4-11(16)5-7-12)13(19)18-9-8-17-14(20)15(18,2)3/h4-7,10H,8-9H2,1-3H3,(H,17,20). The maximum Gasteiger partial charge on any atom is 0.245 e. The second-order valence-corrected chi connectivity index (χ2v) is 7.37. The molecule has 1 aromatic carbocycles. The molecule has 0 spiro atoms. The number of benzene rings is 1. The third-order valence-corrected chi connectivity index (χ3v) is 4.94. The highest BCUT2D eigenvalue weighted by atomic mass is 35.5. The number of carbonyl (C=O) groups is 2. The first-order valence-corrected chi connectivity index (χ1v) is 8.10. The Morgan fingerprint density at radius 2 is 2.00 bits per heavy atom. The van der Waals surface area contributed by atoms with Crippen LogP contribution in [0.4, 0.5) is 0 Å². The average Bonchev–Trinajstić information content (AvgIpc) is 2.43. The van der Waals surface area contributed by atoms with Gasteiger partial charge in [0, 0.05) is 23.0 Å². The van der Waals surface area contributed by atoms with Gasteiger partial charge < -0.3 is 10.2 Å². The van der Waals surface area contributed by atoms with Gasteiger partial charge in [0.2, 0.25) is 11.8 Å². The van der Waals surface area contributed by atoms with Crippen molar-refractivity contribution in [2.24, 2.45) is 0 Å². The van der Waals surface area contributed by atoms with Crippen molar-refractivity contribution >= 4 is 35.2 Å². The predicted molar refractivity (Wildman–Crippen MR) is 85.6 cm³/mol. The molecule has 0 aromatic heterocycles. The van der Waals surface area contributed by atoms with E-state index in [0.29, 0.717) is 18.1 Å². The highest BCUT2D eigenvalue weighted by molar-refractivity contribution is 8.00. The predicted octanol–water partition coefficient (Wildman–Crippen LogP) is 2.56. The third kappa shape index (κ3) is 3.52. The van der Waals surface area contributed by atoms with E-state index in [4.69, 9.17) is 11.6 Å². The number of carbonyl (C=O) groups excluding carboxylic acids is 2. The molecule has 114 valence electrons. The first kappa shape index (κ1) is 16.2. The summed E-state index contributed by atoms with van der Waals surface area (Å²) in [6.07, 6.45) is 0. The largest absolute Gasteiger partial charge is 0.352 e. The van der Waals surface area contributed by atoms with Gasteiger partial charge in [-0.2, -0.15) is 0 Å². The van der Waals surface area contributed by atoms with Crippen molar-refractivity contribution < 1.29 is 9.59 Å². The molecule has 1 aliphatic rings. The lowest BCUT2D eigenvalue weighted by molar-refractivity contribution is -0.148. The van der Waals surface area contributed by atoms with Crippen molar-refractivity contribution in [3.05, 3.63) is 29.3 Å². The minimum Gasteiger partial charge on any atom is -0.352 e. The summed E-state index contributed by atoms with van der Waals surface area (Å²) >= 11 is 7.33. The number of hydrogen-bond donors (Lipinski definition) is 1. The Kier molecular flexibility index (Phi) is 4.84. The first-order chi connectivity index (χ1) is 9.82. The molecule has 1 fully saturated rings. The SMILES string of the molecule is CC(Sc1ccc(Cl)cc1)C(=O)N1CCNC(=O)C1(C)C. The van der Waals surface area contributed by atoms with Gasteiger partial charge in [-0.15, -0.1) is 11.8 Å². The van der Waals surface area contributed by atoms with E-state index >= 15 is 0 Å². The Labute approximate surface area is 134 Å². The van der Waals surface area contributed by atoms with Crippen molar-refractivity contribution in [1.29, 1.82) is 0 Å². The molecule has 6 heteroatoms. The average molecular weight is 327 g/mol. The molecule has 1 aliphatic heterocycles. The molecule has 4 nitrogen and oxygen atoms in total. The van der Waals surface area contributed by atoms with E-state index < -0.39 is 5.54 Å². The van der Waals surface area contributed by atoms with E-state index in [0.717, 1.165) is 4.90 Å². The molecule has 2 amide bonds. The fourth-order valence-corrected chi connectivity index (χ4v) is 3.33. The molecule has 1 aromatic rings. The molecular formula is C15H19ClN2O2S. The molecule has 0 aliphatic carbocycles. The molecule has 0 bridgehead atoms. The number of rotatable bonds is 3. The van der Waals surface area contributed by atoms with Gasteiger partial charge in [0.15, 0.2) is 0 Å². The van der Waals surface area contributed by atoms with Gasteiger partial charge in [-0.25, -0.2) is 0 Å². The molecule has 1 unspecified atom stereocenters. The quantitative estimate of drug-likeness (QED) is 0.868. The zero-order valence-corrected chi connectivity index (χ0v) is 13.9. The third-order valence-electron chi connectivity index (χ3n) is 3.59. The minimum atomic E-state index is -0.801. The van der Waals surface area contributed by atoms with Gasteiger partial charge in [0.1, 0.15) is 5.54 Å². The number of amides is 2. The summed E-state index contributed by atoms with van der Waals surface area (Å²) in [6, 6.07) is 7.40. The second kappa shape index (κ2) is 6.28. The van der Waals surface area contributed by atoms with Gasteiger partial charge in [0.05, 0.1) is 5.25 Å². The molecule has 0 radical (unpaired) electrons. The smallest absolute Gasteiger partial charge is 0.245 e. The molecule has 0 saturated carbocycles. The number of thioether (sulfide) groups is 1. The lowest BCUT2D eigenvalue weighted by atomic mass is 9.98. The van der Waals surface area contributed by atoms with E-state index in [1.165, 1.54) is 11.8 Å². The maximum atomic E-state index is 12.6. The van der Waals surface area contributed by atoms with Gasteiger partial charge in [0.25, 0.3) is 0 Å². The van der Waals surface area contributed by atoms with E-state index in [1.807, 2.05) is 19.1 Å². The van der Waals surface area contributed by atoms with Crippen molar-refractivity contribution in [2.75, 3.05) is 13.1 Å². The van der Waals surface area contributed by atoms with Gasteiger partial charge in [-0.3, -0.25) is 9.59 Å². The Morgan fingerprint density at radius 1 is 1.38 bits per heavy atom. The Balaban J connectivity index is 2.08. The van der Waals surface area contributed by atoms with Crippen molar-refractivity contribution in [3.63, 3.8) is 0 Å². The van der Waals surface area contributed by atoms with E-state index in [1.54, 1.807) is 30.9 Å². The fraction of sp³-hybridized carbons (Fsp3) is 0.467. The second-order valence-electron chi connectivity index (χ2n) is 5.52. The van der Waals surface area contributed by atoms with Crippen LogP contribution in [0.2, 0.25) is 5.02 Å². The van der Waals surface area contributed by atoms with Gasteiger partial charge in [-0.05, 0) is 45.0 Å². The van der Waals surface area contributed by atoms with Crippen LogP contribution in [0.5, 0.6) is 0 Å². The van der Waals surface area contributed by atoms with E-state index in [2.05, 4.69) is 5.32 Å². The summed E-state index contributed by atoms with van der Waals surface area (Å²) in [7, 11) is 0. The molecule has 1 atom stereocenters. The lowest BCUT2D eigenvalue weighted by Gasteiger charge is -2.42. The van der Waals surface area contributed by atoms with Crippen LogP contribution in [-0.2, 0) is 9.59 Å². The summed E-state index contributed by atoms with van der Waals surface area (Å²) in [5.74, 6) is -0.124. The number of nitrogens with zero attached hydrogens (tertiary/aromatic N) is 1. The normalized spacial score (nSPS) is 19.0. The maximum absolute atomic E-state index is 12.6. The van der Waals surface area contributed by atoms with Crippen LogP contribution >= 0.6 is 23.4 Å². The lowest BCUT2D eigenvalue weighted by Crippen LogP contribution is -2.64. The van der Waals surface area contributed by atoms with Crippen LogP contribution in [-0.4, -0.2) is 40.6 Å². The van der Waals surface area contributed by atoms with Crippen LogP contribution in [0.25, 0.3) is 0 Å². The number of piperazine rings is 1. The summed E-state index contributed by atoms with van der Waals surface area (Å²) in [4.78, 5) is 27.2. The van der Waals surface area contributed by atoms with E-state index in [9.17, 15) is 9.59 Å². The highest BCUT2D eigenvalue weighted by Gasteiger charge is 2.41. The molecule has 1 heterocycles. The van der Waals surface area contributed by atoms with E-state index in [-0.39, 0.29) is 17.1 Å². The zero-order chi connectivity index (χ0) is 15.6. The Bertz CT molecular complexity index is 545. The van der Waals surface area contributed by atoms with Gasteiger partial charge in [-0.1, -0.05) is 11.6 Å². The topological polar surface area (TPSA) is 49.4 Å². The van der Waals surface area contributed by atoms with Crippen LogP contribution < -0.4 is 5.32 Å². The number of halogens is 1. The number of hydrogen-bond acceptors (Lipinski definition) is 3.